The molecule has 0 radical (unpaired) electrons. The van der Waals surface area contributed by atoms with Crippen LogP contribution in [-0.2, 0) is 16.1 Å². The molecule has 0 heterocycles. The third kappa shape index (κ3) is 5.85. The predicted octanol–water partition coefficient (Wildman–Crippen LogP) is 3.29. The monoisotopic (exact) mass is 293 g/mol. The number of hydrogen-bond donors (Lipinski definition) is 1. The molecule has 1 aromatic rings. The molecule has 0 aliphatic carbocycles. The van der Waals surface area contributed by atoms with E-state index in [4.69, 9.17) is 4.74 Å². The summed E-state index contributed by atoms with van der Waals surface area (Å²) in [5.74, 6) is -0.995. The highest BCUT2D eigenvalue weighted by molar-refractivity contribution is 5.79. The zero-order valence-electron chi connectivity index (χ0n) is 12.6. The summed E-state index contributed by atoms with van der Waals surface area (Å²) in [7, 11) is 1.47. The van der Waals surface area contributed by atoms with E-state index in [1.807, 2.05) is 37.3 Å². The molecule has 0 bridgehead atoms. The van der Waals surface area contributed by atoms with Crippen LogP contribution in [0.5, 0.6) is 0 Å². The van der Waals surface area contributed by atoms with Crippen LogP contribution in [0.15, 0.2) is 30.3 Å². The normalized spacial score (nSPS) is 11.7. The Morgan fingerprint density at radius 2 is 1.90 bits per heavy atom. The molecule has 5 nitrogen and oxygen atoms in total. The lowest BCUT2D eigenvalue weighted by molar-refractivity contribution is -0.142. The van der Waals surface area contributed by atoms with E-state index in [-0.39, 0.29) is 6.61 Å². The number of carboxylic acid groups (broad SMARTS) is 1. The van der Waals surface area contributed by atoms with E-state index in [0.717, 1.165) is 24.8 Å². The quantitative estimate of drug-likeness (QED) is 0.747. The van der Waals surface area contributed by atoms with Crippen molar-refractivity contribution in [1.29, 1.82) is 0 Å². The van der Waals surface area contributed by atoms with Gasteiger partial charge < -0.3 is 9.84 Å². The second-order valence-corrected chi connectivity index (χ2v) is 5.00. The second kappa shape index (κ2) is 9.00. The van der Waals surface area contributed by atoms with Crippen molar-refractivity contribution in [2.75, 3.05) is 7.05 Å². The SMILES string of the molecule is CCCCCC(C(=O)O)N(C)C(=O)OCc1ccccc1. The topological polar surface area (TPSA) is 66.8 Å². The van der Waals surface area contributed by atoms with Crippen molar-refractivity contribution in [3.8, 4) is 0 Å². The zero-order chi connectivity index (χ0) is 15.7. The molecule has 0 spiro atoms. The van der Waals surface area contributed by atoms with Gasteiger partial charge in [-0.05, 0) is 12.0 Å². The summed E-state index contributed by atoms with van der Waals surface area (Å²) in [4.78, 5) is 24.4. The molecule has 0 aliphatic heterocycles. The van der Waals surface area contributed by atoms with Crippen LogP contribution in [0.4, 0.5) is 4.79 Å². The van der Waals surface area contributed by atoms with Gasteiger partial charge in [-0.1, -0.05) is 56.5 Å². The van der Waals surface area contributed by atoms with Crippen molar-refractivity contribution in [2.24, 2.45) is 0 Å². The molecule has 0 fully saturated rings. The van der Waals surface area contributed by atoms with Crippen LogP contribution < -0.4 is 0 Å². The summed E-state index contributed by atoms with van der Waals surface area (Å²) in [6.45, 7) is 2.19. The number of benzene rings is 1. The Balaban J connectivity index is 2.51. The van der Waals surface area contributed by atoms with E-state index in [9.17, 15) is 14.7 Å². The maximum atomic E-state index is 11.9. The molecule has 116 valence electrons. The van der Waals surface area contributed by atoms with Crippen molar-refractivity contribution in [2.45, 2.75) is 45.3 Å². The summed E-state index contributed by atoms with van der Waals surface area (Å²) >= 11 is 0. The van der Waals surface area contributed by atoms with Crippen molar-refractivity contribution in [1.82, 2.24) is 4.90 Å². The predicted molar refractivity (Wildman–Crippen MR) is 80.0 cm³/mol. The van der Waals surface area contributed by atoms with Crippen LogP contribution in [0.2, 0.25) is 0 Å². The van der Waals surface area contributed by atoms with Gasteiger partial charge in [0.1, 0.15) is 12.6 Å². The first-order valence-corrected chi connectivity index (χ1v) is 7.22. The molecular weight excluding hydrogens is 270 g/mol. The first kappa shape index (κ1) is 17.0. The van der Waals surface area contributed by atoms with E-state index in [2.05, 4.69) is 0 Å². The van der Waals surface area contributed by atoms with E-state index >= 15 is 0 Å². The van der Waals surface area contributed by atoms with E-state index in [1.54, 1.807) is 0 Å². The summed E-state index contributed by atoms with van der Waals surface area (Å²) < 4.78 is 5.15. The minimum Gasteiger partial charge on any atom is -0.480 e. The first-order valence-electron chi connectivity index (χ1n) is 7.22. The minimum atomic E-state index is -0.995. The Bertz CT molecular complexity index is 447. The largest absolute Gasteiger partial charge is 0.480 e. The van der Waals surface area contributed by atoms with Crippen molar-refractivity contribution in [3.05, 3.63) is 35.9 Å². The van der Waals surface area contributed by atoms with Gasteiger partial charge in [0.15, 0.2) is 0 Å². The minimum absolute atomic E-state index is 0.144. The highest BCUT2D eigenvalue weighted by Gasteiger charge is 2.26. The van der Waals surface area contributed by atoms with Gasteiger partial charge in [0.05, 0.1) is 0 Å². The van der Waals surface area contributed by atoms with Gasteiger partial charge in [-0.25, -0.2) is 9.59 Å². The lowest BCUT2D eigenvalue weighted by Gasteiger charge is -2.24. The lowest BCUT2D eigenvalue weighted by Crippen LogP contribution is -2.42. The van der Waals surface area contributed by atoms with Gasteiger partial charge in [-0.15, -0.1) is 0 Å². The molecule has 1 unspecified atom stereocenters. The molecule has 5 heteroatoms. The number of likely N-dealkylation sites (N-methyl/N-ethyl adjacent to an activating group) is 1. The molecule has 1 amide bonds. The molecule has 21 heavy (non-hydrogen) atoms. The number of aliphatic carboxylic acids is 1. The number of carboxylic acids is 1. The number of ether oxygens (including phenoxy) is 1. The fraction of sp³-hybridized carbons (Fsp3) is 0.500. The highest BCUT2D eigenvalue weighted by atomic mass is 16.6. The molecule has 1 atom stereocenters. The third-order valence-electron chi connectivity index (χ3n) is 3.33. The van der Waals surface area contributed by atoms with Crippen LogP contribution in [0, 0.1) is 0 Å². The Morgan fingerprint density at radius 3 is 2.48 bits per heavy atom. The Labute approximate surface area is 125 Å². The first-order chi connectivity index (χ1) is 10.1. The molecular formula is C16H23NO4. The average molecular weight is 293 g/mol. The Kier molecular flexibility index (Phi) is 7.29. The summed E-state index contributed by atoms with van der Waals surface area (Å²) in [5, 5.41) is 9.23. The standard InChI is InChI=1S/C16H23NO4/c1-3-4-6-11-14(15(18)19)17(2)16(20)21-12-13-9-7-5-8-10-13/h5,7-10,14H,3-4,6,11-12H2,1-2H3,(H,18,19). The average Bonchev–Trinajstić information content (AvgIpc) is 2.49. The lowest BCUT2D eigenvalue weighted by atomic mass is 10.1. The second-order valence-electron chi connectivity index (χ2n) is 5.00. The van der Waals surface area contributed by atoms with Gasteiger partial charge in [-0.3, -0.25) is 4.90 Å². The maximum Gasteiger partial charge on any atom is 0.410 e. The van der Waals surface area contributed by atoms with Gasteiger partial charge in [0.2, 0.25) is 0 Å². The number of amides is 1. The van der Waals surface area contributed by atoms with Crippen molar-refractivity contribution < 1.29 is 19.4 Å². The Morgan fingerprint density at radius 1 is 1.24 bits per heavy atom. The number of carbonyl (C=O) groups excluding carboxylic acids is 1. The molecule has 0 saturated carbocycles. The van der Waals surface area contributed by atoms with Crippen LogP contribution in [0.25, 0.3) is 0 Å². The Hall–Kier alpha value is -2.04. The van der Waals surface area contributed by atoms with Crippen LogP contribution in [0.1, 0.15) is 38.2 Å². The molecule has 0 aliphatic rings. The van der Waals surface area contributed by atoms with Gasteiger partial charge in [0, 0.05) is 7.05 Å². The van der Waals surface area contributed by atoms with Gasteiger partial charge >= 0.3 is 12.1 Å². The molecule has 0 saturated heterocycles. The van der Waals surface area contributed by atoms with Crippen molar-refractivity contribution >= 4 is 12.1 Å². The molecule has 0 aromatic heterocycles. The van der Waals surface area contributed by atoms with Gasteiger partial charge in [0.25, 0.3) is 0 Å². The van der Waals surface area contributed by atoms with E-state index < -0.39 is 18.1 Å². The highest BCUT2D eigenvalue weighted by Crippen LogP contribution is 2.11. The molecule has 1 rings (SSSR count). The van der Waals surface area contributed by atoms with Crippen molar-refractivity contribution in [3.63, 3.8) is 0 Å². The number of rotatable bonds is 8. The summed E-state index contributed by atoms with van der Waals surface area (Å²) in [6, 6.07) is 8.47. The van der Waals surface area contributed by atoms with E-state index in [0.29, 0.717) is 6.42 Å². The maximum absolute atomic E-state index is 11.9. The van der Waals surface area contributed by atoms with E-state index in [1.165, 1.54) is 11.9 Å². The molecule has 1 aromatic carbocycles. The summed E-state index contributed by atoms with van der Waals surface area (Å²) in [6.07, 6.45) is 2.58. The van der Waals surface area contributed by atoms with Gasteiger partial charge in [-0.2, -0.15) is 0 Å². The fourth-order valence-corrected chi connectivity index (χ4v) is 2.02. The molecule has 1 N–H and O–H groups in total. The smallest absolute Gasteiger partial charge is 0.410 e. The number of unbranched alkanes of at least 4 members (excludes halogenated alkanes) is 2. The number of hydrogen-bond acceptors (Lipinski definition) is 3. The number of carbonyl (C=O) groups is 2. The van der Waals surface area contributed by atoms with Crippen LogP contribution in [0.3, 0.4) is 0 Å². The van der Waals surface area contributed by atoms with Crippen LogP contribution in [-0.4, -0.2) is 35.2 Å². The zero-order valence-corrected chi connectivity index (χ0v) is 12.6. The van der Waals surface area contributed by atoms with Crippen LogP contribution >= 0.6 is 0 Å². The summed E-state index contributed by atoms with van der Waals surface area (Å²) in [5.41, 5.74) is 0.872. The third-order valence-corrected chi connectivity index (χ3v) is 3.33. The fourth-order valence-electron chi connectivity index (χ4n) is 2.02. The number of nitrogens with zero attached hydrogens (tertiary/aromatic N) is 1.